The Morgan fingerprint density at radius 1 is 0.833 bits per heavy atom. The number of piperazine rings is 1. The number of hydrogen-bond donors (Lipinski definition) is 0. The van der Waals surface area contributed by atoms with Crippen molar-refractivity contribution in [2.24, 2.45) is 0 Å². The van der Waals surface area contributed by atoms with Crippen LogP contribution in [0.3, 0.4) is 0 Å². The molecule has 1 aliphatic heterocycles. The molecule has 0 saturated carbocycles. The first-order chi connectivity index (χ1) is 14.5. The smallest absolute Gasteiger partial charge is 0.236 e. The van der Waals surface area contributed by atoms with Crippen molar-refractivity contribution < 1.29 is 8.42 Å². The first-order valence-corrected chi connectivity index (χ1v) is 11.5. The molecular weight excluding hydrogens is 420 g/mol. The molecule has 154 valence electrons. The number of hydrogen-bond acceptors (Lipinski definition) is 5. The highest BCUT2D eigenvalue weighted by molar-refractivity contribution is 7.92. The lowest BCUT2D eigenvalue weighted by atomic mass is 10.1. The molecule has 0 bridgehead atoms. The van der Waals surface area contributed by atoms with Gasteiger partial charge in [-0.25, -0.2) is 8.42 Å². The van der Waals surface area contributed by atoms with E-state index in [2.05, 4.69) is 10.2 Å². The molecule has 1 aromatic heterocycles. The standard InChI is InChI=1S/C22H21ClN4O2S/c23-20-9-5-4-8-19(20)21-10-11-22(25-24-21)26-13-15-27(16-14-26)30(28,29)17-12-18-6-2-1-3-7-18/h1-12,17H,13-16H2/b17-12-. The van der Waals surface area contributed by atoms with E-state index in [9.17, 15) is 8.42 Å². The predicted molar refractivity (Wildman–Crippen MR) is 121 cm³/mol. The maximum Gasteiger partial charge on any atom is 0.236 e. The molecule has 0 unspecified atom stereocenters. The fourth-order valence-electron chi connectivity index (χ4n) is 3.29. The highest BCUT2D eigenvalue weighted by atomic mass is 35.5. The minimum Gasteiger partial charge on any atom is -0.352 e. The van der Waals surface area contributed by atoms with Gasteiger partial charge in [-0.15, -0.1) is 10.2 Å². The first kappa shape index (κ1) is 20.5. The Balaban J connectivity index is 1.39. The minimum absolute atomic E-state index is 0.398. The quantitative estimate of drug-likeness (QED) is 0.601. The topological polar surface area (TPSA) is 66.4 Å². The zero-order valence-corrected chi connectivity index (χ0v) is 17.8. The third-order valence-electron chi connectivity index (χ3n) is 4.95. The summed E-state index contributed by atoms with van der Waals surface area (Å²) in [6.45, 7) is 1.90. The molecule has 1 saturated heterocycles. The van der Waals surface area contributed by atoms with Crippen LogP contribution in [0, 0.1) is 0 Å². The van der Waals surface area contributed by atoms with E-state index in [0.29, 0.717) is 36.9 Å². The molecule has 8 heteroatoms. The molecule has 0 aliphatic carbocycles. The fraction of sp³-hybridized carbons (Fsp3) is 0.182. The van der Waals surface area contributed by atoms with E-state index in [1.807, 2.05) is 71.6 Å². The summed E-state index contributed by atoms with van der Waals surface area (Å²) < 4.78 is 26.7. The van der Waals surface area contributed by atoms with Crippen molar-refractivity contribution in [3.8, 4) is 11.3 Å². The number of sulfonamides is 1. The maximum atomic E-state index is 12.6. The molecule has 0 N–H and O–H groups in total. The average molecular weight is 441 g/mol. The molecule has 0 radical (unpaired) electrons. The lowest BCUT2D eigenvalue weighted by molar-refractivity contribution is 0.388. The third-order valence-corrected chi connectivity index (χ3v) is 6.85. The number of aromatic nitrogens is 2. The Hall–Kier alpha value is -2.74. The van der Waals surface area contributed by atoms with E-state index in [1.54, 1.807) is 6.08 Å². The maximum absolute atomic E-state index is 12.6. The van der Waals surface area contributed by atoms with Crippen LogP contribution in [0.15, 0.2) is 72.1 Å². The highest BCUT2D eigenvalue weighted by Crippen LogP contribution is 2.26. The monoisotopic (exact) mass is 440 g/mol. The molecule has 30 heavy (non-hydrogen) atoms. The summed E-state index contributed by atoms with van der Waals surface area (Å²) in [6.07, 6.45) is 1.63. The Kier molecular flexibility index (Phi) is 6.13. The van der Waals surface area contributed by atoms with Gasteiger partial charge in [-0.1, -0.05) is 60.1 Å². The second kappa shape index (κ2) is 8.95. The van der Waals surface area contributed by atoms with E-state index in [1.165, 1.54) is 9.71 Å². The van der Waals surface area contributed by atoms with Crippen LogP contribution < -0.4 is 4.90 Å². The molecule has 1 fully saturated rings. The second-order valence-electron chi connectivity index (χ2n) is 6.90. The third kappa shape index (κ3) is 4.70. The van der Waals surface area contributed by atoms with Gasteiger partial charge in [0.05, 0.1) is 10.7 Å². The lowest BCUT2D eigenvalue weighted by Crippen LogP contribution is -2.48. The van der Waals surface area contributed by atoms with Crippen LogP contribution in [0.4, 0.5) is 5.82 Å². The molecule has 2 heterocycles. The molecule has 1 aliphatic rings. The van der Waals surface area contributed by atoms with Crippen molar-refractivity contribution in [3.05, 3.63) is 82.7 Å². The highest BCUT2D eigenvalue weighted by Gasteiger charge is 2.25. The summed E-state index contributed by atoms with van der Waals surface area (Å²) in [7, 11) is -3.46. The van der Waals surface area contributed by atoms with Gasteiger partial charge in [-0.2, -0.15) is 4.31 Å². The lowest BCUT2D eigenvalue weighted by Gasteiger charge is -2.33. The van der Waals surface area contributed by atoms with Gasteiger partial charge in [0, 0.05) is 37.2 Å². The Bertz CT molecular complexity index is 1130. The van der Waals surface area contributed by atoms with Gasteiger partial charge < -0.3 is 4.90 Å². The van der Waals surface area contributed by atoms with Crippen molar-refractivity contribution >= 4 is 33.5 Å². The molecular formula is C22H21ClN4O2S. The van der Waals surface area contributed by atoms with Crippen LogP contribution in [0.1, 0.15) is 5.56 Å². The van der Waals surface area contributed by atoms with Crippen molar-refractivity contribution in [1.82, 2.24) is 14.5 Å². The summed E-state index contributed by atoms with van der Waals surface area (Å²) >= 11 is 6.22. The Morgan fingerprint density at radius 3 is 2.20 bits per heavy atom. The van der Waals surface area contributed by atoms with Gasteiger partial charge in [-0.3, -0.25) is 0 Å². The van der Waals surface area contributed by atoms with Crippen LogP contribution in [0.25, 0.3) is 17.3 Å². The van der Waals surface area contributed by atoms with Crippen molar-refractivity contribution in [2.45, 2.75) is 0 Å². The van der Waals surface area contributed by atoms with Gasteiger partial charge in [0.15, 0.2) is 5.82 Å². The fourth-order valence-corrected chi connectivity index (χ4v) is 4.70. The molecule has 4 rings (SSSR count). The molecule has 6 nitrogen and oxygen atoms in total. The summed E-state index contributed by atoms with van der Waals surface area (Å²) in [5.41, 5.74) is 2.39. The zero-order chi connectivity index (χ0) is 21.0. The van der Waals surface area contributed by atoms with E-state index in [-0.39, 0.29) is 0 Å². The second-order valence-corrected chi connectivity index (χ2v) is 9.13. The van der Waals surface area contributed by atoms with Crippen molar-refractivity contribution in [1.29, 1.82) is 0 Å². The van der Waals surface area contributed by atoms with Gasteiger partial charge >= 0.3 is 0 Å². The predicted octanol–water partition coefficient (Wildman–Crippen LogP) is 3.92. The van der Waals surface area contributed by atoms with Crippen LogP contribution in [-0.4, -0.2) is 49.1 Å². The van der Waals surface area contributed by atoms with Gasteiger partial charge in [0.25, 0.3) is 0 Å². The van der Waals surface area contributed by atoms with Gasteiger partial charge in [-0.05, 0) is 29.8 Å². The Morgan fingerprint density at radius 2 is 1.53 bits per heavy atom. The van der Waals surface area contributed by atoms with E-state index >= 15 is 0 Å². The van der Waals surface area contributed by atoms with Crippen molar-refractivity contribution in [2.75, 3.05) is 31.1 Å². The van der Waals surface area contributed by atoms with E-state index < -0.39 is 10.0 Å². The van der Waals surface area contributed by atoms with Gasteiger partial charge in [0.1, 0.15) is 0 Å². The molecule has 2 aromatic carbocycles. The molecule has 0 amide bonds. The van der Waals surface area contributed by atoms with E-state index in [4.69, 9.17) is 11.6 Å². The number of halogens is 1. The largest absolute Gasteiger partial charge is 0.352 e. The minimum atomic E-state index is -3.46. The number of benzene rings is 2. The average Bonchev–Trinajstić information content (AvgIpc) is 2.79. The van der Waals surface area contributed by atoms with Crippen LogP contribution in [-0.2, 0) is 10.0 Å². The summed E-state index contributed by atoms with van der Waals surface area (Å²) in [4.78, 5) is 2.04. The summed E-state index contributed by atoms with van der Waals surface area (Å²) in [5, 5.41) is 10.5. The molecule has 0 atom stereocenters. The first-order valence-electron chi connectivity index (χ1n) is 9.60. The zero-order valence-electron chi connectivity index (χ0n) is 16.2. The van der Waals surface area contributed by atoms with Crippen molar-refractivity contribution in [3.63, 3.8) is 0 Å². The molecule has 3 aromatic rings. The van der Waals surface area contributed by atoms with Crippen LogP contribution >= 0.6 is 11.6 Å². The number of rotatable bonds is 5. The van der Waals surface area contributed by atoms with E-state index in [0.717, 1.165) is 16.9 Å². The summed E-state index contributed by atoms with van der Waals surface area (Å²) in [6, 6.07) is 20.7. The van der Waals surface area contributed by atoms with Crippen LogP contribution in [0.5, 0.6) is 0 Å². The summed E-state index contributed by atoms with van der Waals surface area (Å²) in [5.74, 6) is 0.725. The normalized spacial score (nSPS) is 15.6. The van der Waals surface area contributed by atoms with Crippen LogP contribution in [0.2, 0.25) is 5.02 Å². The molecule has 0 spiro atoms. The SMILES string of the molecule is O=S(=O)(/C=C\c1ccccc1)N1CCN(c2ccc(-c3ccccc3Cl)nn2)CC1. The number of nitrogens with zero attached hydrogens (tertiary/aromatic N) is 4. The number of anilines is 1. The Labute approximate surface area is 181 Å². The van der Waals surface area contributed by atoms with Gasteiger partial charge in [0.2, 0.25) is 10.0 Å².